The predicted molar refractivity (Wildman–Crippen MR) is 39.5 cm³/mol. The minimum Gasteiger partial charge on any atom is -0.386 e. The van der Waals surface area contributed by atoms with Crippen LogP contribution in [0.15, 0.2) is 23.3 Å². The smallest absolute Gasteiger partial charge is 0.105 e. The van der Waals surface area contributed by atoms with E-state index in [9.17, 15) is 5.11 Å². The summed E-state index contributed by atoms with van der Waals surface area (Å²) in [5, 5.41) is 18.4. The Morgan fingerprint density at radius 3 is 2.40 bits per heavy atom. The highest BCUT2D eigenvalue weighted by Gasteiger charge is 2.19. The van der Waals surface area contributed by atoms with Crippen molar-refractivity contribution in [3.05, 3.63) is 23.3 Å². The molecule has 0 saturated carbocycles. The molecule has 0 aromatic rings. The van der Waals surface area contributed by atoms with Crippen molar-refractivity contribution in [2.45, 2.75) is 26.1 Å². The monoisotopic (exact) mass is 140 g/mol. The van der Waals surface area contributed by atoms with Crippen molar-refractivity contribution in [3.8, 4) is 0 Å². The van der Waals surface area contributed by atoms with E-state index in [4.69, 9.17) is 5.11 Å². The minimum absolute atomic E-state index is 0.704. The first-order valence-electron chi connectivity index (χ1n) is 3.34. The fourth-order valence-electron chi connectivity index (χ4n) is 0.969. The SMILES string of the molecule is CC1=C(C)[C@@H](O)[C@@H](O)C=C1. The molecule has 0 aliphatic heterocycles. The van der Waals surface area contributed by atoms with Crippen molar-refractivity contribution < 1.29 is 10.2 Å². The number of allylic oxidation sites excluding steroid dienone is 2. The van der Waals surface area contributed by atoms with E-state index in [0.717, 1.165) is 11.1 Å². The average Bonchev–Trinajstić information content (AvgIpc) is 1.93. The van der Waals surface area contributed by atoms with Gasteiger partial charge in [-0.1, -0.05) is 12.2 Å². The van der Waals surface area contributed by atoms with E-state index >= 15 is 0 Å². The second-order valence-electron chi connectivity index (χ2n) is 2.66. The molecule has 0 aromatic carbocycles. The summed E-state index contributed by atoms with van der Waals surface area (Å²) in [5.74, 6) is 0. The van der Waals surface area contributed by atoms with Crippen LogP contribution in [0.3, 0.4) is 0 Å². The van der Waals surface area contributed by atoms with Gasteiger partial charge in [0, 0.05) is 0 Å². The molecule has 2 atom stereocenters. The zero-order valence-corrected chi connectivity index (χ0v) is 6.20. The second kappa shape index (κ2) is 2.56. The Balaban J connectivity index is 2.88. The lowest BCUT2D eigenvalue weighted by atomic mass is 9.95. The fraction of sp³-hybridized carbons (Fsp3) is 0.500. The van der Waals surface area contributed by atoms with Gasteiger partial charge in [-0.3, -0.25) is 0 Å². The molecule has 0 unspecified atom stereocenters. The third-order valence-corrected chi connectivity index (χ3v) is 1.93. The van der Waals surface area contributed by atoms with E-state index in [-0.39, 0.29) is 0 Å². The number of aliphatic hydroxyl groups excluding tert-OH is 2. The van der Waals surface area contributed by atoms with Crippen LogP contribution in [-0.4, -0.2) is 22.4 Å². The molecular formula is C8H12O2. The van der Waals surface area contributed by atoms with Gasteiger partial charge in [0.25, 0.3) is 0 Å². The zero-order chi connectivity index (χ0) is 7.72. The van der Waals surface area contributed by atoms with Crippen LogP contribution in [-0.2, 0) is 0 Å². The first kappa shape index (κ1) is 7.51. The minimum atomic E-state index is -0.719. The van der Waals surface area contributed by atoms with Gasteiger partial charge in [0.15, 0.2) is 0 Å². The Morgan fingerprint density at radius 2 is 1.90 bits per heavy atom. The Morgan fingerprint density at radius 1 is 1.30 bits per heavy atom. The third-order valence-electron chi connectivity index (χ3n) is 1.93. The topological polar surface area (TPSA) is 40.5 Å². The van der Waals surface area contributed by atoms with Gasteiger partial charge < -0.3 is 10.2 Å². The van der Waals surface area contributed by atoms with Gasteiger partial charge in [-0.15, -0.1) is 0 Å². The molecule has 1 rings (SSSR count). The standard InChI is InChI=1S/C8H12O2/c1-5-3-4-7(9)8(10)6(5)2/h3-4,7-10H,1-2H3/t7-,8+/m0/s1. The van der Waals surface area contributed by atoms with Gasteiger partial charge in [-0.25, -0.2) is 0 Å². The molecule has 0 fully saturated rings. The normalized spacial score (nSPS) is 33.2. The molecule has 0 aromatic heterocycles. The number of hydrogen-bond donors (Lipinski definition) is 2. The van der Waals surface area contributed by atoms with Crippen LogP contribution < -0.4 is 0 Å². The lowest BCUT2D eigenvalue weighted by Crippen LogP contribution is -2.27. The van der Waals surface area contributed by atoms with Crippen molar-refractivity contribution in [3.63, 3.8) is 0 Å². The Kier molecular flexibility index (Phi) is 1.92. The average molecular weight is 140 g/mol. The molecule has 2 heteroatoms. The highest BCUT2D eigenvalue weighted by atomic mass is 16.3. The molecule has 0 bridgehead atoms. The molecule has 0 spiro atoms. The first-order valence-corrected chi connectivity index (χ1v) is 3.34. The van der Waals surface area contributed by atoms with Crippen molar-refractivity contribution in [1.82, 2.24) is 0 Å². The molecule has 56 valence electrons. The lowest BCUT2D eigenvalue weighted by Gasteiger charge is -2.20. The van der Waals surface area contributed by atoms with E-state index in [1.54, 1.807) is 6.08 Å². The molecule has 0 amide bonds. The van der Waals surface area contributed by atoms with Gasteiger partial charge in [0.1, 0.15) is 12.2 Å². The van der Waals surface area contributed by atoms with Crippen LogP contribution >= 0.6 is 0 Å². The maximum absolute atomic E-state index is 9.26. The summed E-state index contributed by atoms with van der Waals surface area (Å²) in [4.78, 5) is 0. The van der Waals surface area contributed by atoms with Crippen LogP contribution in [0.5, 0.6) is 0 Å². The molecule has 1 aliphatic rings. The summed E-state index contributed by atoms with van der Waals surface area (Å²) in [5.41, 5.74) is 1.90. The number of rotatable bonds is 0. The summed E-state index contributed by atoms with van der Waals surface area (Å²) < 4.78 is 0. The van der Waals surface area contributed by atoms with E-state index in [1.165, 1.54) is 0 Å². The summed E-state index contributed by atoms with van der Waals surface area (Å²) in [6, 6.07) is 0. The van der Waals surface area contributed by atoms with Crippen LogP contribution in [0.1, 0.15) is 13.8 Å². The highest BCUT2D eigenvalue weighted by molar-refractivity contribution is 5.31. The maximum Gasteiger partial charge on any atom is 0.105 e. The van der Waals surface area contributed by atoms with E-state index in [2.05, 4.69) is 0 Å². The van der Waals surface area contributed by atoms with Crippen LogP contribution in [0, 0.1) is 0 Å². The van der Waals surface area contributed by atoms with Crippen molar-refractivity contribution >= 4 is 0 Å². The number of aliphatic hydroxyl groups is 2. The lowest BCUT2D eigenvalue weighted by molar-refractivity contribution is 0.0707. The van der Waals surface area contributed by atoms with Gasteiger partial charge in [-0.2, -0.15) is 0 Å². The van der Waals surface area contributed by atoms with Crippen molar-refractivity contribution in [2.24, 2.45) is 0 Å². The van der Waals surface area contributed by atoms with Crippen LogP contribution in [0.2, 0.25) is 0 Å². The number of hydrogen-bond acceptors (Lipinski definition) is 2. The second-order valence-corrected chi connectivity index (χ2v) is 2.66. The van der Waals surface area contributed by atoms with Crippen molar-refractivity contribution in [2.75, 3.05) is 0 Å². The summed E-state index contributed by atoms with van der Waals surface area (Å²) in [7, 11) is 0. The summed E-state index contributed by atoms with van der Waals surface area (Å²) in [6.07, 6.45) is 2.01. The molecule has 1 aliphatic carbocycles. The van der Waals surface area contributed by atoms with E-state index in [0.29, 0.717) is 0 Å². The van der Waals surface area contributed by atoms with Gasteiger partial charge in [0.05, 0.1) is 0 Å². The third kappa shape index (κ3) is 1.13. The fourth-order valence-corrected chi connectivity index (χ4v) is 0.969. The predicted octanol–water partition coefficient (Wildman–Crippen LogP) is 0.614. The molecule has 10 heavy (non-hydrogen) atoms. The molecular weight excluding hydrogens is 128 g/mol. The Hall–Kier alpha value is -0.600. The zero-order valence-electron chi connectivity index (χ0n) is 6.20. The molecule has 2 nitrogen and oxygen atoms in total. The Labute approximate surface area is 60.5 Å². The molecule has 0 heterocycles. The van der Waals surface area contributed by atoms with Crippen LogP contribution in [0.4, 0.5) is 0 Å². The van der Waals surface area contributed by atoms with Crippen molar-refractivity contribution in [1.29, 1.82) is 0 Å². The summed E-state index contributed by atoms with van der Waals surface area (Å²) >= 11 is 0. The van der Waals surface area contributed by atoms with Gasteiger partial charge in [0.2, 0.25) is 0 Å². The Bertz CT molecular complexity index is 191. The van der Waals surface area contributed by atoms with Gasteiger partial charge in [-0.05, 0) is 25.0 Å². The maximum atomic E-state index is 9.26. The first-order chi connectivity index (χ1) is 4.63. The quantitative estimate of drug-likeness (QED) is 0.517. The molecule has 0 saturated heterocycles. The van der Waals surface area contributed by atoms with E-state index < -0.39 is 12.2 Å². The highest BCUT2D eigenvalue weighted by Crippen LogP contribution is 2.18. The molecule has 0 radical (unpaired) electrons. The largest absolute Gasteiger partial charge is 0.386 e. The van der Waals surface area contributed by atoms with Gasteiger partial charge >= 0.3 is 0 Å². The summed E-state index contributed by atoms with van der Waals surface area (Å²) in [6.45, 7) is 3.74. The van der Waals surface area contributed by atoms with E-state index in [1.807, 2.05) is 19.9 Å². The molecule has 2 N–H and O–H groups in total. The van der Waals surface area contributed by atoms with Crippen LogP contribution in [0.25, 0.3) is 0 Å².